The van der Waals surface area contributed by atoms with Gasteiger partial charge in [-0.15, -0.1) is 0 Å². The molecule has 3 nitrogen and oxygen atoms in total. The summed E-state index contributed by atoms with van der Waals surface area (Å²) in [6, 6.07) is 0. The zero-order chi connectivity index (χ0) is 2.71. The van der Waals surface area contributed by atoms with Crippen LogP contribution in [0.1, 0.15) is 0 Å². The van der Waals surface area contributed by atoms with E-state index in [0.29, 0.717) is 0 Å². The SMILES string of the molecule is O=[NH+][O-].[I-]. The Morgan fingerprint density at radius 3 is 1.75 bits per heavy atom. The highest BCUT2D eigenvalue weighted by atomic mass is 127. The van der Waals surface area contributed by atoms with Crippen LogP contribution in [0.5, 0.6) is 0 Å². The Balaban J connectivity index is 0. The van der Waals surface area contributed by atoms with Crippen molar-refractivity contribution in [3.63, 3.8) is 0 Å². The normalized spacial score (nSPS) is 3.00. The lowest BCUT2D eigenvalue weighted by molar-refractivity contribution is -0.398. The lowest BCUT2D eigenvalue weighted by Gasteiger charge is -1.36. The number of rotatable bonds is 0. The first-order valence-electron chi connectivity index (χ1n) is 0.408. The molecular weight excluding hydrogens is 173 g/mol. The monoisotopic (exact) mass is 174 g/mol. The first kappa shape index (κ1) is 8.92. The van der Waals surface area contributed by atoms with E-state index in [9.17, 15) is 0 Å². The minimum atomic E-state index is 0. The van der Waals surface area contributed by atoms with E-state index in [1.807, 2.05) is 0 Å². The molecule has 0 fully saturated rings. The molecule has 26 valence electrons. The molecule has 1 N–H and O–H groups in total. The predicted molar refractivity (Wildman–Crippen MR) is 7.70 cm³/mol. The molecule has 0 unspecified atom stereocenters. The summed E-state index contributed by atoms with van der Waals surface area (Å²) in [5, 5.41) is 8.38. The van der Waals surface area contributed by atoms with E-state index in [0.717, 1.165) is 0 Å². The van der Waals surface area contributed by atoms with Crippen molar-refractivity contribution in [2.24, 2.45) is 0 Å². The van der Waals surface area contributed by atoms with Gasteiger partial charge in [-0.25, -0.2) is 0 Å². The van der Waals surface area contributed by atoms with Gasteiger partial charge >= 0.3 is 0 Å². The lowest BCUT2D eigenvalue weighted by Crippen LogP contribution is -3.00. The largest absolute Gasteiger partial charge is 1.00 e. The van der Waals surface area contributed by atoms with Crippen molar-refractivity contribution >= 4 is 0 Å². The van der Waals surface area contributed by atoms with Crippen molar-refractivity contribution in [1.29, 1.82) is 0 Å². The molecule has 0 aliphatic carbocycles. The fourth-order valence-corrected chi connectivity index (χ4v) is 0. The standard InChI is InChI=1S/HI.HNO2/c;2-1-3/h1H;1H/p-1. The number of hydrogen-bond acceptors (Lipinski definition) is 2. The second kappa shape index (κ2) is 11.1. The second-order valence-corrected chi connectivity index (χ2v) is 0.0833. The van der Waals surface area contributed by atoms with Gasteiger partial charge < -0.3 is 24.0 Å². The van der Waals surface area contributed by atoms with Gasteiger partial charge in [0.25, 0.3) is 0 Å². The minimum Gasteiger partial charge on any atom is -1.00 e. The van der Waals surface area contributed by atoms with Crippen LogP contribution < -0.4 is 29.3 Å². The van der Waals surface area contributed by atoms with Crippen LogP contribution in [0.15, 0.2) is 0 Å². The minimum absolute atomic E-state index is 0. The van der Waals surface area contributed by atoms with E-state index in [2.05, 4.69) is 0 Å². The summed E-state index contributed by atoms with van der Waals surface area (Å²) < 4.78 is 0. The zero-order valence-electron chi connectivity index (χ0n) is 1.69. The van der Waals surface area contributed by atoms with Gasteiger partial charge in [0, 0.05) is 5.34 Å². The molecule has 0 saturated heterocycles. The average molecular weight is 174 g/mol. The topological polar surface area (TPSA) is 54.1 Å². The van der Waals surface area contributed by atoms with Crippen LogP contribution in [0.25, 0.3) is 0 Å². The van der Waals surface area contributed by atoms with E-state index in [1.54, 1.807) is 0 Å². The second-order valence-electron chi connectivity index (χ2n) is 0.0833. The highest BCUT2D eigenvalue weighted by Gasteiger charge is 1.10. The zero-order valence-corrected chi connectivity index (χ0v) is 3.85. The molecule has 0 aromatic heterocycles. The molecule has 0 radical (unpaired) electrons. The molecule has 0 aliphatic rings. The summed E-state index contributed by atoms with van der Waals surface area (Å²) in [5.74, 6) is 0. The maximum atomic E-state index is 8.12. The van der Waals surface area contributed by atoms with Gasteiger partial charge in [-0.05, 0) is 0 Å². The molecule has 0 aromatic rings. The van der Waals surface area contributed by atoms with Crippen LogP contribution >= 0.6 is 0 Å². The Morgan fingerprint density at radius 2 is 1.75 bits per heavy atom. The van der Waals surface area contributed by atoms with Crippen LogP contribution in [-0.4, -0.2) is 0 Å². The van der Waals surface area contributed by atoms with Gasteiger partial charge in [0.05, 0.1) is 0 Å². The molecular formula is HINO2-. The third-order valence-electron chi connectivity index (χ3n) is 0. The Labute approximate surface area is 40.0 Å². The van der Waals surface area contributed by atoms with Crippen molar-refractivity contribution in [3.05, 3.63) is 10.1 Å². The number of hydrogen-bond donors (Lipinski definition) is 1. The van der Waals surface area contributed by atoms with Crippen molar-refractivity contribution in [3.8, 4) is 0 Å². The van der Waals surface area contributed by atoms with Crippen molar-refractivity contribution in [2.75, 3.05) is 0 Å². The van der Waals surface area contributed by atoms with Gasteiger partial charge in [0.2, 0.25) is 0 Å². The van der Waals surface area contributed by atoms with Crippen LogP contribution in [0, 0.1) is 10.1 Å². The molecule has 0 bridgehead atoms. The first-order valence-corrected chi connectivity index (χ1v) is 0.408. The number of nitrogens with one attached hydrogen (secondary N) is 1. The molecule has 0 saturated carbocycles. The predicted octanol–water partition coefficient (Wildman–Crippen LogP) is -4.66. The molecule has 0 aromatic carbocycles. The first-order chi connectivity index (χ1) is 1.41. The summed E-state index contributed by atoms with van der Waals surface area (Å²) in [6.07, 6.45) is 0. The molecule has 0 heterocycles. The quantitative estimate of drug-likeness (QED) is 0.228. The van der Waals surface area contributed by atoms with Gasteiger partial charge in [0.1, 0.15) is 0 Å². The average Bonchev–Trinajstić information content (AvgIpc) is 0.918. The molecule has 0 amide bonds. The fourth-order valence-electron chi connectivity index (χ4n) is 0. The Bertz CT molecular complexity index is 13.5. The van der Waals surface area contributed by atoms with E-state index in [4.69, 9.17) is 10.1 Å². The Morgan fingerprint density at radius 1 is 1.75 bits per heavy atom. The third-order valence-corrected chi connectivity index (χ3v) is 0. The third kappa shape index (κ3) is 161. The Hall–Kier alpha value is 0.130. The maximum Gasteiger partial charge on any atom is 0.00366 e. The van der Waals surface area contributed by atoms with Gasteiger partial charge in [-0.2, -0.15) is 0 Å². The summed E-state index contributed by atoms with van der Waals surface area (Å²) in [4.78, 5) is 8.12. The van der Waals surface area contributed by atoms with Gasteiger partial charge in [-0.1, -0.05) is 0 Å². The highest BCUT2D eigenvalue weighted by Crippen LogP contribution is 0.618. The van der Waals surface area contributed by atoms with Gasteiger partial charge in [-0.3, -0.25) is 10.1 Å². The summed E-state index contributed by atoms with van der Waals surface area (Å²) in [5.41, 5.74) is 0. The Kier molecular flexibility index (Phi) is 24.8. The van der Waals surface area contributed by atoms with Crippen LogP contribution in [-0.2, 0) is 0 Å². The van der Waals surface area contributed by atoms with Crippen molar-refractivity contribution < 1.29 is 29.3 Å². The van der Waals surface area contributed by atoms with Gasteiger partial charge in [0.15, 0.2) is 0 Å². The van der Waals surface area contributed by atoms with E-state index in [1.165, 1.54) is 0 Å². The van der Waals surface area contributed by atoms with Crippen molar-refractivity contribution in [1.82, 2.24) is 0 Å². The molecule has 0 rings (SSSR count). The van der Waals surface area contributed by atoms with Crippen LogP contribution in [0.4, 0.5) is 0 Å². The molecule has 0 aliphatic heterocycles. The molecule has 4 heteroatoms. The van der Waals surface area contributed by atoms with Crippen LogP contribution in [0.2, 0.25) is 0 Å². The highest BCUT2D eigenvalue weighted by molar-refractivity contribution is 3.77. The lowest BCUT2D eigenvalue weighted by atomic mass is 13.4. The van der Waals surface area contributed by atoms with E-state index in [-0.39, 0.29) is 29.3 Å². The fraction of sp³-hybridized carbons (Fsp3) is 0. The molecule has 0 spiro atoms. The molecule has 4 heavy (non-hydrogen) atoms. The molecule has 0 atom stereocenters. The maximum absolute atomic E-state index is 8.12. The number of halogens is 1. The van der Waals surface area contributed by atoms with Crippen LogP contribution in [0.3, 0.4) is 0 Å². The summed E-state index contributed by atoms with van der Waals surface area (Å²) >= 11 is 0. The summed E-state index contributed by atoms with van der Waals surface area (Å²) in [6.45, 7) is 0. The van der Waals surface area contributed by atoms with Crippen molar-refractivity contribution in [2.45, 2.75) is 0 Å². The summed E-state index contributed by atoms with van der Waals surface area (Å²) in [7, 11) is 0. The van der Waals surface area contributed by atoms with E-state index >= 15 is 0 Å². The van der Waals surface area contributed by atoms with E-state index < -0.39 is 0 Å². The smallest absolute Gasteiger partial charge is 0.00366 e.